The third-order valence-electron chi connectivity index (χ3n) is 1.69. The van der Waals surface area contributed by atoms with E-state index in [-0.39, 0.29) is 0 Å². The molecule has 0 saturated carbocycles. The minimum absolute atomic E-state index is 0.621. The van der Waals surface area contributed by atoms with E-state index in [4.69, 9.17) is 9.79 Å². The predicted molar refractivity (Wildman–Crippen MR) is 51.1 cm³/mol. The lowest BCUT2D eigenvalue weighted by molar-refractivity contribution is 0.375. The summed E-state index contributed by atoms with van der Waals surface area (Å²) < 4.78 is 11.9. The van der Waals surface area contributed by atoms with Gasteiger partial charge in [0.05, 0.1) is 11.0 Å². The highest BCUT2D eigenvalue weighted by atomic mass is 31.2. The van der Waals surface area contributed by atoms with Crippen molar-refractivity contribution < 1.29 is 14.4 Å². The van der Waals surface area contributed by atoms with Gasteiger partial charge >= 0.3 is 7.75 Å². The summed E-state index contributed by atoms with van der Waals surface area (Å²) in [6.45, 7) is 0. The number of fused-ring (bicyclic) bond motifs is 1. The van der Waals surface area contributed by atoms with E-state index in [0.29, 0.717) is 11.0 Å². The Bertz CT molecular complexity index is 504. The number of rotatable bonds is 2. The van der Waals surface area contributed by atoms with Crippen molar-refractivity contribution in [2.45, 2.75) is 0 Å². The molecule has 7 heteroatoms. The lowest BCUT2D eigenvalue weighted by Crippen LogP contribution is -2.09. The number of hydrogen-bond acceptors (Lipinski definition) is 2. The zero-order valence-electron chi connectivity index (χ0n) is 7.03. The lowest BCUT2D eigenvalue weighted by atomic mass is 10.3. The molecule has 0 atom stereocenters. The van der Waals surface area contributed by atoms with E-state index in [2.05, 4.69) is 4.98 Å². The van der Waals surface area contributed by atoms with E-state index in [1.807, 2.05) is 5.20 Å². The Labute approximate surface area is 79.4 Å². The molecule has 0 fully saturated rings. The Kier molecular flexibility index (Phi) is 2.03. The maximum absolute atomic E-state index is 10.7. The fraction of sp³-hybridized carbons (Fsp3) is 0. The molecule has 0 unspecified atom stereocenters. The summed E-state index contributed by atoms with van der Waals surface area (Å²) in [7, 11) is -4.29. The Morgan fingerprint density at radius 2 is 2.07 bits per heavy atom. The van der Waals surface area contributed by atoms with Crippen molar-refractivity contribution in [2.75, 3.05) is 5.20 Å². The summed E-state index contributed by atoms with van der Waals surface area (Å²) in [5.41, 5.74) is 1.30. The van der Waals surface area contributed by atoms with Gasteiger partial charge in [0.2, 0.25) is 0 Å². The Morgan fingerprint density at radius 3 is 2.79 bits per heavy atom. The van der Waals surface area contributed by atoms with Crippen LogP contribution < -0.4 is 5.20 Å². The number of para-hydroxylation sites is 2. The molecule has 74 valence electrons. The fourth-order valence-corrected chi connectivity index (χ4v) is 1.62. The number of nitrogens with one attached hydrogen (secondary N) is 1. The summed E-state index contributed by atoms with van der Waals surface area (Å²) in [6.07, 6.45) is 1.32. The van der Waals surface area contributed by atoms with E-state index in [0.717, 1.165) is 0 Å². The molecule has 1 heterocycles. The summed E-state index contributed by atoms with van der Waals surface area (Å²) in [5.74, 6) is 0. The van der Waals surface area contributed by atoms with Crippen molar-refractivity contribution in [2.24, 2.45) is 0 Å². The molecule has 0 saturated heterocycles. The highest BCUT2D eigenvalue weighted by molar-refractivity contribution is 7.52. The fourth-order valence-electron chi connectivity index (χ4n) is 1.18. The van der Waals surface area contributed by atoms with E-state index < -0.39 is 7.75 Å². The maximum atomic E-state index is 10.7. The van der Waals surface area contributed by atoms with Gasteiger partial charge in [-0.15, -0.1) is 0 Å². The van der Waals surface area contributed by atoms with Crippen LogP contribution in [0.1, 0.15) is 0 Å². The van der Waals surface area contributed by atoms with Gasteiger partial charge in [-0.25, -0.2) is 19.4 Å². The Hall–Kier alpha value is -1.36. The zero-order chi connectivity index (χ0) is 10.2. The van der Waals surface area contributed by atoms with E-state index in [1.54, 1.807) is 24.3 Å². The topological polar surface area (TPSA) is 87.4 Å². The van der Waals surface area contributed by atoms with Crippen LogP contribution >= 0.6 is 7.75 Å². The Morgan fingerprint density at radius 1 is 1.36 bits per heavy atom. The molecule has 14 heavy (non-hydrogen) atoms. The van der Waals surface area contributed by atoms with Crippen molar-refractivity contribution in [3.8, 4) is 0 Å². The van der Waals surface area contributed by atoms with Gasteiger partial charge in [0.25, 0.3) is 0 Å². The molecule has 0 radical (unpaired) electrons. The maximum Gasteiger partial charge on any atom is 0.441 e. The third kappa shape index (κ3) is 1.77. The van der Waals surface area contributed by atoms with Gasteiger partial charge in [0.1, 0.15) is 6.33 Å². The predicted octanol–water partition coefficient (Wildman–Crippen LogP) is 0.672. The average molecular weight is 213 g/mol. The second-order valence-corrected chi connectivity index (χ2v) is 4.04. The van der Waals surface area contributed by atoms with Crippen LogP contribution in [0, 0.1) is 0 Å². The molecule has 0 aliphatic heterocycles. The van der Waals surface area contributed by atoms with E-state index in [1.165, 1.54) is 11.0 Å². The molecule has 1 aromatic heterocycles. The number of benzene rings is 1. The van der Waals surface area contributed by atoms with Crippen molar-refractivity contribution in [3.05, 3.63) is 30.6 Å². The molecule has 0 spiro atoms. The molecule has 0 aliphatic carbocycles. The first-order chi connectivity index (χ1) is 6.56. The van der Waals surface area contributed by atoms with E-state index >= 15 is 0 Å². The number of nitrogens with zero attached hydrogens (tertiary/aromatic N) is 2. The van der Waals surface area contributed by atoms with Crippen LogP contribution in [0.25, 0.3) is 11.0 Å². The van der Waals surface area contributed by atoms with Crippen LogP contribution in [-0.2, 0) is 4.57 Å². The van der Waals surface area contributed by atoms with Crippen LogP contribution in [0.2, 0.25) is 0 Å². The van der Waals surface area contributed by atoms with Crippen LogP contribution in [0.5, 0.6) is 0 Å². The second kappa shape index (κ2) is 3.09. The zero-order valence-corrected chi connectivity index (χ0v) is 7.93. The molecule has 2 rings (SSSR count). The highest BCUT2D eigenvalue weighted by Crippen LogP contribution is 2.31. The summed E-state index contributed by atoms with van der Waals surface area (Å²) in [4.78, 5) is 21.4. The number of hydrogen-bond donors (Lipinski definition) is 3. The van der Waals surface area contributed by atoms with Gasteiger partial charge in [0.15, 0.2) is 0 Å². The highest BCUT2D eigenvalue weighted by Gasteiger charge is 2.13. The van der Waals surface area contributed by atoms with Crippen LogP contribution in [-0.4, -0.2) is 19.4 Å². The molecule has 0 aliphatic rings. The SMILES string of the molecule is O=P(O)(O)Nn1cnc2ccccc21. The van der Waals surface area contributed by atoms with Crippen molar-refractivity contribution >= 4 is 18.8 Å². The van der Waals surface area contributed by atoms with Crippen molar-refractivity contribution in [1.29, 1.82) is 0 Å². The van der Waals surface area contributed by atoms with Gasteiger partial charge in [-0.05, 0) is 12.1 Å². The molecule has 6 nitrogen and oxygen atoms in total. The minimum atomic E-state index is -4.29. The second-order valence-electron chi connectivity index (χ2n) is 2.75. The van der Waals surface area contributed by atoms with E-state index in [9.17, 15) is 4.57 Å². The summed E-state index contributed by atoms with van der Waals surface area (Å²) in [6, 6.07) is 7.04. The summed E-state index contributed by atoms with van der Waals surface area (Å²) in [5, 5.41) is 2.02. The molecule has 0 amide bonds. The minimum Gasteiger partial charge on any atom is -0.307 e. The van der Waals surface area contributed by atoms with Crippen molar-refractivity contribution in [3.63, 3.8) is 0 Å². The summed E-state index contributed by atoms with van der Waals surface area (Å²) >= 11 is 0. The lowest BCUT2D eigenvalue weighted by Gasteiger charge is -2.08. The van der Waals surface area contributed by atoms with Crippen LogP contribution in [0.15, 0.2) is 30.6 Å². The molecule has 1 aromatic carbocycles. The van der Waals surface area contributed by atoms with Crippen molar-refractivity contribution in [1.82, 2.24) is 9.66 Å². The van der Waals surface area contributed by atoms with Gasteiger partial charge < -0.3 is 9.79 Å². The van der Waals surface area contributed by atoms with Crippen LogP contribution in [0.4, 0.5) is 0 Å². The number of aromatic nitrogens is 2. The first-order valence-corrected chi connectivity index (χ1v) is 5.43. The van der Waals surface area contributed by atoms with Gasteiger partial charge in [-0.2, -0.15) is 0 Å². The molecular weight excluding hydrogens is 205 g/mol. The molecular formula is C7H8N3O3P. The quantitative estimate of drug-likeness (QED) is 0.638. The van der Waals surface area contributed by atoms with Gasteiger partial charge in [0, 0.05) is 0 Å². The smallest absolute Gasteiger partial charge is 0.307 e. The standard InChI is InChI=1S/C7H8N3O3P/c11-14(12,13)9-10-5-8-6-3-1-2-4-7(6)10/h1-5H,(H3,9,11,12,13). The third-order valence-corrected chi connectivity index (χ3v) is 2.17. The average Bonchev–Trinajstić information content (AvgIpc) is 2.47. The normalized spacial score (nSPS) is 11.9. The molecule has 2 aromatic rings. The van der Waals surface area contributed by atoms with Gasteiger partial charge in [-0.3, -0.25) is 0 Å². The molecule has 0 bridgehead atoms. The molecule has 3 N–H and O–H groups in total. The first-order valence-electron chi connectivity index (χ1n) is 3.82. The van der Waals surface area contributed by atoms with Crippen LogP contribution in [0.3, 0.4) is 0 Å². The van der Waals surface area contributed by atoms with Gasteiger partial charge in [-0.1, -0.05) is 12.1 Å². The largest absolute Gasteiger partial charge is 0.441 e. The Balaban J connectivity index is 2.49. The monoisotopic (exact) mass is 213 g/mol. The number of imidazole rings is 1. The first kappa shape index (κ1) is 9.21.